The highest BCUT2D eigenvalue weighted by Gasteiger charge is 2.67. The average molecular weight is 182 g/mol. The lowest BCUT2D eigenvalue weighted by Gasteiger charge is -2.48. The first kappa shape index (κ1) is 7.73. The molecule has 4 fully saturated rings. The molecule has 1 saturated heterocycles. The van der Waals surface area contributed by atoms with Crippen LogP contribution in [0.4, 0.5) is 0 Å². The van der Waals surface area contributed by atoms with Crippen LogP contribution >= 0.6 is 11.8 Å². The van der Waals surface area contributed by atoms with Crippen LogP contribution in [0.1, 0.15) is 33.6 Å². The molecule has 1 heteroatoms. The van der Waals surface area contributed by atoms with Gasteiger partial charge in [0.25, 0.3) is 0 Å². The van der Waals surface area contributed by atoms with Crippen molar-refractivity contribution in [3.63, 3.8) is 0 Å². The number of hydrogen-bond acceptors (Lipinski definition) is 1. The zero-order valence-electron chi connectivity index (χ0n) is 8.21. The maximum Gasteiger partial charge on any atom is 0.0287 e. The van der Waals surface area contributed by atoms with Crippen LogP contribution in [0.15, 0.2) is 0 Å². The Hall–Kier alpha value is 0.350. The molecule has 0 aromatic carbocycles. The van der Waals surface area contributed by atoms with E-state index in [4.69, 9.17) is 0 Å². The van der Waals surface area contributed by atoms with Gasteiger partial charge >= 0.3 is 0 Å². The molecule has 3 saturated carbocycles. The van der Waals surface area contributed by atoms with Gasteiger partial charge in [-0.05, 0) is 43.4 Å². The van der Waals surface area contributed by atoms with Crippen LogP contribution in [0.25, 0.3) is 0 Å². The smallest absolute Gasteiger partial charge is 0.0287 e. The van der Waals surface area contributed by atoms with E-state index >= 15 is 0 Å². The topological polar surface area (TPSA) is 0 Å². The summed E-state index contributed by atoms with van der Waals surface area (Å²) in [7, 11) is 0. The third kappa shape index (κ3) is 0.685. The Labute approximate surface area is 79.5 Å². The van der Waals surface area contributed by atoms with E-state index in [0.717, 1.165) is 33.7 Å². The van der Waals surface area contributed by atoms with Crippen LogP contribution in [0.5, 0.6) is 0 Å². The zero-order valence-corrected chi connectivity index (χ0v) is 9.03. The third-order valence-corrected chi connectivity index (χ3v) is 6.87. The van der Waals surface area contributed by atoms with Crippen LogP contribution in [-0.4, -0.2) is 10.00 Å². The molecule has 0 N–H and O–H groups in total. The number of hydrogen-bond donors (Lipinski definition) is 0. The number of thioether (sulfide) groups is 1. The molecule has 6 atom stereocenters. The van der Waals surface area contributed by atoms with Crippen molar-refractivity contribution in [3.05, 3.63) is 0 Å². The number of fused-ring (bicyclic) bond motifs is 2. The predicted octanol–water partition coefficient (Wildman–Crippen LogP) is 3.17. The summed E-state index contributed by atoms with van der Waals surface area (Å²) in [6.45, 7) is 7.49. The van der Waals surface area contributed by atoms with Gasteiger partial charge in [0.05, 0.1) is 0 Å². The van der Waals surface area contributed by atoms with Crippen LogP contribution in [0.3, 0.4) is 0 Å². The van der Waals surface area contributed by atoms with Gasteiger partial charge in [-0.1, -0.05) is 13.8 Å². The molecule has 0 nitrogen and oxygen atoms in total. The molecule has 2 bridgehead atoms. The van der Waals surface area contributed by atoms with Gasteiger partial charge in [-0.15, -0.1) is 11.8 Å². The van der Waals surface area contributed by atoms with E-state index in [-0.39, 0.29) is 0 Å². The van der Waals surface area contributed by atoms with Crippen LogP contribution in [-0.2, 0) is 0 Å². The molecule has 1 heterocycles. The molecule has 3 aliphatic carbocycles. The van der Waals surface area contributed by atoms with E-state index in [1.165, 1.54) is 12.8 Å². The Kier molecular flexibility index (Phi) is 1.32. The van der Waals surface area contributed by atoms with Gasteiger partial charge < -0.3 is 0 Å². The van der Waals surface area contributed by atoms with Crippen LogP contribution in [0.2, 0.25) is 0 Å². The molecule has 12 heavy (non-hydrogen) atoms. The van der Waals surface area contributed by atoms with E-state index in [0.29, 0.717) is 0 Å². The van der Waals surface area contributed by atoms with Gasteiger partial charge in [-0.25, -0.2) is 0 Å². The van der Waals surface area contributed by atoms with Crippen molar-refractivity contribution in [2.75, 3.05) is 0 Å². The first-order valence-corrected chi connectivity index (χ1v) is 6.20. The summed E-state index contributed by atoms with van der Waals surface area (Å²) in [5.41, 5.74) is 0. The summed E-state index contributed by atoms with van der Waals surface area (Å²) in [5, 5.41) is 1.06. The Bertz CT molecular complexity index is 223. The maximum absolute atomic E-state index is 2.52. The van der Waals surface area contributed by atoms with Crippen LogP contribution in [0, 0.1) is 23.7 Å². The molecule has 0 spiro atoms. The fraction of sp³-hybridized carbons (Fsp3) is 1.00. The second-order valence-corrected chi connectivity index (χ2v) is 6.91. The van der Waals surface area contributed by atoms with Crippen molar-refractivity contribution in [3.8, 4) is 0 Å². The summed E-state index contributed by atoms with van der Waals surface area (Å²) in [5.74, 6) is 4.13. The molecule has 1 aliphatic heterocycles. The van der Waals surface area contributed by atoms with E-state index in [9.17, 15) is 0 Å². The Morgan fingerprint density at radius 1 is 1.17 bits per heavy atom. The van der Waals surface area contributed by atoms with E-state index in [1.54, 1.807) is 0 Å². The summed E-state index contributed by atoms with van der Waals surface area (Å²) in [6, 6.07) is 0. The first-order chi connectivity index (χ1) is 5.64. The van der Waals surface area contributed by atoms with E-state index < -0.39 is 0 Å². The molecule has 68 valence electrons. The Morgan fingerprint density at radius 3 is 2.58 bits per heavy atom. The SMILES string of the molecule is CC1C(C)C2CCC1C1SC21C. The van der Waals surface area contributed by atoms with Gasteiger partial charge in [-0.3, -0.25) is 0 Å². The molecule has 4 rings (SSSR count). The lowest BCUT2D eigenvalue weighted by Crippen LogP contribution is -2.47. The Balaban J connectivity index is 1.99. The van der Waals surface area contributed by atoms with E-state index in [2.05, 4.69) is 32.5 Å². The Morgan fingerprint density at radius 2 is 1.92 bits per heavy atom. The van der Waals surface area contributed by atoms with Crippen molar-refractivity contribution < 1.29 is 0 Å². The minimum absolute atomic E-state index is 0.731. The zero-order chi connectivity index (χ0) is 8.51. The van der Waals surface area contributed by atoms with Crippen molar-refractivity contribution >= 4 is 11.8 Å². The molecular formula is C11H18S. The number of rotatable bonds is 0. The molecule has 0 amide bonds. The van der Waals surface area contributed by atoms with Gasteiger partial charge in [0.1, 0.15) is 0 Å². The minimum atomic E-state index is 0.731. The summed E-state index contributed by atoms with van der Waals surface area (Å²) in [4.78, 5) is 0. The lowest BCUT2D eigenvalue weighted by atomic mass is 9.56. The van der Waals surface area contributed by atoms with Gasteiger partial charge in [0.2, 0.25) is 0 Å². The second kappa shape index (κ2) is 2.05. The fourth-order valence-corrected chi connectivity index (χ4v) is 5.83. The van der Waals surface area contributed by atoms with Gasteiger partial charge in [-0.2, -0.15) is 0 Å². The maximum atomic E-state index is 2.52. The van der Waals surface area contributed by atoms with Crippen molar-refractivity contribution in [2.45, 2.75) is 43.6 Å². The third-order valence-electron chi connectivity index (χ3n) is 4.96. The van der Waals surface area contributed by atoms with E-state index in [1.807, 2.05) is 0 Å². The quantitative estimate of drug-likeness (QED) is 0.519. The molecule has 0 radical (unpaired) electrons. The van der Waals surface area contributed by atoms with Crippen LogP contribution < -0.4 is 0 Å². The average Bonchev–Trinajstić information content (AvgIpc) is 2.71. The highest BCUT2D eigenvalue weighted by atomic mass is 32.2. The molecular weight excluding hydrogens is 164 g/mol. The minimum Gasteiger partial charge on any atom is -0.149 e. The molecule has 0 aromatic heterocycles. The highest BCUT2D eigenvalue weighted by molar-refractivity contribution is 8.08. The lowest BCUT2D eigenvalue weighted by molar-refractivity contribution is 0.0468. The predicted molar refractivity (Wildman–Crippen MR) is 54.3 cm³/mol. The highest BCUT2D eigenvalue weighted by Crippen LogP contribution is 2.72. The summed E-state index contributed by atoms with van der Waals surface area (Å²) >= 11 is 2.29. The van der Waals surface area contributed by atoms with Crippen molar-refractivity contribution in [1.29, 1.82) is 0 Å². The summed E-state index contributed by atoms with van der Waals surface area (Å²) < 4.78 is 0.731. The molecule has 6 unspecified atom stereocenters. The largest absolute Gasteiger partial charge is 0.149 e. The standard InChI is InChI=1S/C11H18S/c1-6-7(2)9-5-4-8(6)10-11(9,3)12-10/h6-10H,4-5H2,1-3H3. The van der Waals surface area contributed by atoms with Gasteiger partial charge in [0, 0.05) is 10.00 Å². The monoisotopic (exact) mass is 182 g/mol. The van der Waals surface area contributed by atoms with Crippen molar-refractivity contribution in [1.82, 2.24) is 0 Å². The normalized spacial score (nSPS) is 67.8. The molecule has 0 aromatic rings. The van der Waals surface area contributed by atoms with Crippen molar-refractivity contribution in [2.24, 2.45) is 23.7 Å². The van der Waals surface area contributed by atoms with Gasteiger partial charge in [0.15, 0.2) is 0 Å². The molecule has 4 aliphatic rings. The second-order valence-electron chi connectivity index (χ2n) is 5.29. The first-order valence-electron chi connectivity index (χ1n) is 5.32. The fourth-order valence-electron chi connectivity index (χ4n) is 3.94. The summed E-state index contributed by atoms with van der Waals surface area (Å²) in [6.07, 6.45) is 3.06.